The Bertz CT molecular complexity index is 422. The molecule has 15 heavy (non-hydrogen) atoms. The van der Waals surface area contributed by atoms with E-state index in [0.29, 0.717) is 0 Å². The number of hydrogen-bond donors (Lipinski definition) is 1. The van der Waals surface area contributed by atoms with Crippen LogP contribution in [0.4, 0.5) is 4.39 Å². The van der Waals surface area contributed by atoms with Crippen molar-refractivity contribution in [3.8, 4) is 0 Å². The van der Waals surface area contributed by atoms with Gasteiger partial charge < -0.3 is 0 Å². The molecule has 0 aliphatic rings. The Morgan fingerprint density at radius 3 is 1.93 bits per heavy atom. The molecular weight excluding hydrogens is 207 g/mol. The molecule has 0 unspecified atom stereocenters. The molecule has 0 N–H and O–H groups in total. The molecule has 0 saturated carbocycles. The third-order valence-electron chi connectivity index (χ3n) is 2.30. The predicted octanol–water partition coefficient (Wildman–Crippen LogP) is 3.84. The van der Waals surface area contributed by atoms with Gasteiger partial charge in [-0.15, -0.1) is 0 Å². The van der Waals surface area contributed by atoms with E-state index in [4.69, 9.17) is 0 Å². The standard InChI is InChI=1S/C13H11FS/c14-12-8-6-11(7-9-12)13(15)10-4-2-1-3-5-10/h1-9,13,15H/t13-/m1/s1. The molecule has 0 heterocycles. The van der Waals surface area contributed by atoms with Crippen LogP contribution in [0.25, 0.3) is 0 Å². The Morgan fingerprint density at radius 2 is 1.33 bits per heavy atom. The second-order valence-corrected chi connectivity index (χ2v) is 3.88. The van der Waals surface area contributed by atoms with E-state index in [1.165, 1.54) is 12.1 Å². The number of benzene rings is 2. The summed E-state index contributed by atoms with van der Waals surface area (Å²) in [7, 11) is 0. The lowest BCUT2D eigenvalue weighted by Gasteiger charge is -2.11. The molecule has 2 heteroatoms. The molecule has 0 spiro atoms. The maximum absolute atomic E-state index is 12.7. The molecule has 0 amide bonds. The quantitative estimate of drug-likeness (QED) is 0.727. The molecular formula is C13H11FS. The van der Waals surface area contributed by atoms with E-state index in [1.54, 1.807) is 12.1 Å². The van der Waals surface area contributed by atoms with E-state index in [0.717, 1.165) is 11.1 Å². The molecule has 2 aromatic carbocycles. The summed E-state index contributed by atoms with van der Waals surface area (Å²) in [4.78, 5) is 0. The first-order valence-corrected chi connectivity index (χ1v) is 5.27. The average Bonchev–Trinajstić information content (AvgIpc) is 2.30. The summed E-state index contributed by atoms with van der Waals surface area (Å²) in [5.74, 6) is -0.215. The SMILES string of the molecule is Fc1ccc([C@H](S)c2ccccc2)cc1. The molecule has 76 valence electrons. The Labute approximate surface area is 94.2 Å². The molecule has 0 fully saturated rings. The van der Waals surface area contributed by atoms with E-state index in [1.807, 2.05) is 30.3 Å². The van der Waals surface area contributed by atoms with Crippen LogP contribution in [-0.2, 0) is 0 Å². The van der Waals surface area contributed by atoms with Crippen molar-refractivity contribution in [2.24, 2.45) is 0 Å². The fourth-order valence-corrected chi connectivity index (χ4v) is 1.82. The van der Waals surface area contributed by atoms with Crippen LogP contribution in [-0.4, -0.2) is 0 Å². The van der Waals surface area contributed by atoms with Crippen molar-refractivity contribution >= 4 is 12.6 Å². The van der Waals surface area contributed by atoms with Crippen LogP contribution in [0.2, 0.25) is 0 Å². The summed E-state index contributed by atoms with van der Waals surface area (Å²) in [6, 6.07) is 16.4. The van der Waals surface area contributed by atoms with E-state index < -0.39 is 0 Å². The lowest BCUT2D eigenvalue weighted by Crippen LogP contribution is -1.92. The van der Waals surface area contributed by atoms with Gasteiger partial charge >= 0.3 is 0 Å². The summed E-state index contributed by atoms with van der Waals surface area (Å²) in [6.45, 7) is 0. The summed E-state index contributed by atoms with van der Waals surface area (Å²) >= 11 is 4.52. The van der Waals surface area contributed by atoms with Crippen LogP contribution >= 0.6 is 12.6 Å². The first kappa shape index (κ1) is 10.2. The Hall–Kier alpha value is -1.28. The van der Waals surface area contributed by atoms with Crippen molar-refractivity contribution in [2.45, 2.75) is 5.25 Å². The van der Waals surface area contributed by atoms with Gasteiger partial charge in [-0.05, 0) is 23.3 Å². The minimum Gasteiger partial charge on any atom is -0.207 e. The fraction of sp³-hybridized carbons (Fsp3) is 0.0769. The Morgan fingerprint density at radius 1 is 0.800 bits per heavy atom. The van der Waals surface area contributed by atoms with Crippen molar-refractivity contribution in [1.82, 2.24) is 0 Å². The molecule has 0 aliphatic carbocycles. The molecule has 1 atom stereocenters. The van der Waals surface area contributed by atoms with E-state index >= 15 is 0 Å². The second-order valence-electron chi connectivity index (χ2n) is 3.36. The van der Waals surface area contributed by atoms with Gasteiger partial charge in [-0.1, -0.05) is 42.5 Å². The van der Waals surface area contributed by atoms with Crippen LogP contribution in [0.1, 0.15) is 16.4 Å². The van der Waals surface area contributed by atoms with Gasteiger partial charge in [0.25, 0.3) is 0 Å². The minimum absolute atomic E-state index is 0.00630. The molecule has 0 bridgehead atoms. The van der Waals surface area contributed by atoms with Crippen molar-refractivity contribution < 1.29 is 4.39 Å². The molecule has 0 saturated heterocycles. The van der Waals surface area contributed by atoms with Crippen molar-refractivity contribution in [1.29, 1.82) is 0 Å². The second kappa shape index (κ2) is 4.49. The largest absolute Gasteiger partial charge is 0.207 e. The van der Waals surface area contributed by atoms with E-state index in [-0.39, 0.29) is 11.1 Å². The van der Waals surface area contributed by atoms with Gasteiger partial charge in [-0.25, -0.2) is 4.39 Å². The third-order valence-corrected chi connectivity index (χ3v) is 2.90. The predicted molar refractivity (Wildman–Crippen MR) is 63.7 cm³/mol. The lowest BCUT2D eigenvalue weighted by atomic mass is 10.0. The van der Waals surface area contributed by atoms with Crippen LogP contribution in [0.5, 0.6) is 0 Å². The van der Waals surface area contributed by atoms with Gasteiger partial charge in [0.1, 0.15) is 5.82 Å². The van der Waals surface area contributed by atoms with Gasteiger partial charge in [0.2, 0.25) is 0 Å². The summed E-state index contributed by atoms with van der Waals surface area (Å²) in [5, 5.41) is 0.00630. The zero-order valence-corrected chi connectivity index (χ0v) is 8.99. The third kappa shape index (κ3) is 2.39. The van der Waals surface area contributed by atoms with Crippen LogP contribution < -0.4 is 0 Å². The maximum Gasteiger partial charge on any atom is 0.123 e. The van der Waals surface area contributed by atoms with Gasteiger partial charge in [-0.3, -0.25) is 0 Å². The summed E-state index contributed by atoms with van der Waals surface area (Å²) in [6.07, 6.45) is 0. The highest BCUT2D eigenvalue weighted by Crippen LogP contribution is 2.27. The van der Waals surface area contributed by atoms with Crippen molar-refractivity contribution in [3.05, 3.63) is 71.5 Å². The fourth-order valence-electron chi connectivity index (χ4n) is 1.47. The molecule has 0 aromatic heterocycles. The smallest absolute Gasteiger partial charge is 0.123 e. The highest BCUT2D eigenvalue weighted by Gasteiger charge is 2.07. The first-order valence-electron chi connectivity index (χ1n) is 4.76. The normalized spacial score (nSPS) is 12.4. The van der Waals surface area contributed by atoms with E-state index in [2.05, 4.69) is 12.6 Å². The summed E-state index contributed by atoms with van der Waals surface area (Å²) < 4.78 is 12.7. The van der Waals surface area contributed by atoms with Crippen molar-refractivity contribution in [3.63, 3.8) is 0 Å². The minimum atomic E-state index is -0.215. The Balaban J connectivity index is 2.29. The number of hydrogen-bond acceptors (Lipinski definition) is 1. The molecule has 2 rings (SSSR count). The molecule has 0 nitrogen and oxygen atoms in total. The first-order chi connectivity index (χ1) is 7.27. The number of halogens is 1. The molecule has 0 aliphatic heterocycles. The average molecular weight is 218 g/mol. The summed E-state index contributed by atoms with van der Waals surface area (Å²) in [5.41, 5.74) is 2.12. The highest BCUT2D eigenvalue weighted by atomic mass is 32.1. The van der Waals surface area contributed by atoms with Gasteiger partial charge in [-0.2, -0.15) is 12.6 Å². The van der Waals surface area contributed by atoms with Gasteiger partial charge in [0.05, 0.1) is 5.25 Å². The molecule has 2 aromatic rings. The van der Waals surface area contributed by atoms with E-state index in [9.17, 15) is 4.39 Å². The van der Waals surface area contributed by atoms with Crippen molar-refractivity contribution in [2.75, 3.05) is 0 Å². The highest BCUT2D eigenvalue weighted by molar-refractivity contribution is 7.80. The number of rotatable bonds is 2. The monoisotopic (exact) mass is 218 g/mol. The molecule has 0 radical (unpaired) electrons. The maximum atomic E-state index is 12.7. The van der Waals surface area contributed by atoms with Crippen LogP contribution in [0.3, 0.4) is 0 Å². The zero-order chi connectivity index (χ0) is 10.7. The van der Waals surface area contributed by atoms with Gasteiger partial charge in [0.15, 0.2) is 0 Å². The number of thiol groups is 1. The van der Waals surface area contributed by atoms with Crippen LogP contribution in [0.15, 0.2) is 54.6 Å². The van der Waals surface area contributed by atoms with Gasteiger partial charge in [0, 0.05) is 0 Å². The lowest BCUT2D eigenvalue weighted by molar-refractivity contribution is 0.627. The van der Waals surface area contributed by atoms with Crippen LogP contribution in [0, 0.1) is 5.82 Å². The zero-order valence-electron chi connectivity index (χ0n) is 8.10. The topological polar surface area (TPSA) is 0 Å². The Kier molecular flexibility index (Phi) is 3.07.